The zero-order chi connectivity index (χ0) is 18.3. The van der Waals surface area contributed by atoms with E-state index in [1.807, 2.05) is 18.7 Å². The quantitative estimate of drug-likeness (QED) is 0.592. The van der Waals surface area contributed by atoms with Crippen LogP contribution in [0.15, 0.2) is 11.4 Å². The second-order valence-corrected chi connectivity index (χ2v) is 9.60. The van der Waals surface area contributed by atoms with Gasteiger partial charge < -0.3 is 9.64 Å². The maximum atomic E-state index is 12.7. The van der Waals surface area contributed by atoms with Crippen molar-refractivity contribution in [3.8, 4) is 0 Å². The molecule has 2 aromatic heterocycles. The fraction of sp³-hybridized carbons (Fsp3) is 0.632. The van der Waals surface area contributed by atoms with Gasteiger partial charge in [0, 0.05) is 23.4 Å². The molecule has 1 fully saturated rings. The molecule has 0 unspecified atom stereocenters. The predicted molar refractivity (Wildman–Crippen MR) is 106 cm³/mol. The zero-order valence-corrected chi connectivity index (χ0v) is 17.2. The number of nitrogens with zero attached hydrogens (tertiary/aromatic N) is 3. The number of aromatic nitrogens is 2. The standard InChI is InChI=1S/C19H25N3O2S2/c1-11-4-5-14-15(6-11)26-19-17(14)18(20-10-21-19)25-9-16(23)22-7-12(2)24-13(3)8-22/h10-13H,4-9H2,1-3H3/t11-,12+,13+/m0/s1. The average Bonchev–Trinajstić information content (AvgIpc) is 2.96. The lowest BCUT2D eigenvalue weighted by atomic mass is 9.89. The van der Waals surface area contributed by atoms with E-state index in [0.29, 0.717) is 18.8 Å². The highest BCUT2D eigenvalue weighted by atomic mass is 32.2. The highest BCUT2D eigenvalue weighted by Crippen LogP contribution is 2.40. The molecule has 26 heavy (non-hydrogen) atoms. The van der Waals surface area contributed by atoms with Gasteiger partial charge in [-0.15, -0.1) is 11.3 Å². The van der Waals surface area contributed by atoms with E-state index < -0.39 is 0 Å². The minimum absolute atomic E-state index is 0.101. The van der Waals surface area contributed by atoms with Gasteiger partial charge in [-0.25, -0.2) is 9.97 Å². The van der Waals surface area contributed by atoms with Gasteiger partial charge in [0.1, 0.15) is 16.2 Å². The third kappa shape index (κ3) is 3.62. The number of fused-ring (bicyclic) bond motifs is 3. The Hall–Kier alpha value is -1.18. The van der Waals surface area contributed by atoms with Crippen LogP contribution in [0, 0.1) is 5.92 Å². The van der Waals surface area contributed by atoms with Crippen LogP contribution in [0.3, 0.4) is 0 Å². The second-order valence-electron chi connectivity index (χ2n) is 7.56. The number of thiophene rings is 1. The average molecular weight is 392 g/mol. The summed E-state index contributed by atoms with van der Waals surface area (Å²) in [6, 6.07) is 0. The van der Waals surface area contributed by atoms with Gasteiger partial charge in [-0.05, 0) is 44.6 Å². The number of hydrogen-bond donors (Lipinski definition) is 0. The number of morpholine rings is 1. The van der Waals surface area contributed by atoms with Crippen molar-refractivity contribution in [1.29, 1.82) is 0 Å². The van der Waals surface area contributed by atoms with Crippen LogP contribution in [0.25, 0.3) is 10.2 Å². The van der Waals surface area contributed by atoms with Crippen molar-refractivity contribution in [2.45, 2.75) is 57.3 Å². The molecule has 0 bridgehead atoms. The Bertz CT molecular complexity index is 812. The lowest BCUT2D eigenvalue weighted by Gasteiger charge is -2.35. The maximum absolute atomic E-state index is 12.7. The summed E-state index contributed by atoms with van der Waals surface area (Å²) < 4.78 is 5.73. The van der Waals surface area contributed by atoms with Gasteiger partial charge in [0.05, 0.1) is 18.0 Å². The number of hydrogen-bond acceptors (Lipinski definition) is 6. The highest BCUT2D eigenvalue weighted by Gasteiger charge is 2.27. The minimum atomic E-state index is 0.101. The van der Waals surface area contributed by atoms with E-state index in [1.165, 1.54) is 22.2 Å². The van der Waals surface area contributed by atoms with E-state index in [-0.39, 0.29) is 18.1 Å². The first-order chi connectivity index (χ1) is 12.5. The normalized spacial score (nSPS) is 26.1. The van der Waals surface area contributed by atoms with Gasteiger partial charge in [-0.1, -0.05) is 18.7 Å². The molecule has 1 amide bonds. The second kappa shape index (κ2) is 7.44. The van der Waals surface area contributed by atoms with Crippen LogP contribution in [0.2, 0.25) is 0 Å². The van der Waals surface area contributed by atoms with Crippen LogP contribution in [0.4, 0.5) is 0 Å². The molecule has 2 aliphatic rings. The molecule has 140 valence electrons. The van der Waals surface area contributed by atoms with Crippen LogP contribution < -0.4 is 0 Å². The van der Waals surface area contributed by atoms with E-state index >= 15 is 0 Å². The van der Waals surface area contributed by atoms with Crippen molar-refractivity contribution in [1.82, 2.24) is 14.9 Å². The maximum Gasteiger partial charge on any atom is 0.233 e. The van der Waals surface area contributed by atoms with Gasteiger partial charge in [-0.2, -0.15) is 0 Å². The molecule has 7 heteroatoms. The number of thioether (sulfide) groups is 1. The molecule has 3 heterocycles. The molecule has 1 aliphatic carbocycles. The Balaban J connectivity index is 1.52. The van der Waals surface area contributed by atoms with Crippen LogP contribution in [0.1, 0.15) is 37.6 Å². The first-order valence-corrected chi connectivity index (χ1v) is 11.1. The van der Waals surface area contributed by atoms with E-state index in [2.05, 4.69) is 16.9 Å². The van der Waals surface area contributed by atoms with Crippen LogP contribution in [-0.4, -0.2) is 51.8 Å². The van der Waals surface area contributed by atoms with Gasteiger partial charge in [-0.3, -0.25) is 4.79 Å². The first kappa shape index (κ1) is 18.2. The summed E-state index contributed by atoms with van der Waals surface area (Å²) in [5.41, 5.74) is 1.42. The molecule has 0 saturated carbocycles. The molecule has 0 N–H and O–H groups in total. The van der Waals surface area contributed by atoms with Crippen LogP contribution in [-0.2, 0) is 22.4 Å². The monoisotopic (exact) mass is 391 g/mol. The molecule has 0 radical (unpaired) electrons. The van der Waals surface area contributed by atoms with Gasteiger partial charge in [0.2, 0.25) is 5.91 Å². The SMILES string of the molecule is C[C@H]1CCc2c(sc3ncnc(SCC(=O)N4C[C@@H](C)O[C@H](C)C4)c23)C1. The summed E-state index contributed by atoms with van der Waals surface area (Å²) in [7, 11) is 0. The zero-order valence-electron chi connectivity index (χ0n) is 15.5. The van der Waals surface area contributed by atoms with E-state index in [4.69, 9.17) is 4.74 Å². The Morgan fingerprint density at radius 2 is 2.08 bits per heavy atom. The third-order valence-electron chi connectivity index (χ3n) is 5.16. The summed E-state index contributed by atoms with van der Waals surface area (Å²) in [5, 5.41) is 2.16. The summed E-state index contributed by atoms with van der Waals surface area (Å²) in [6.45, 7) is 7.71. The highest BCUT2D eigenvalue weighted by molar-refractivity contribution is 8.00. The van der Waals surface area contributed by atoms with Crippen molar-refractivity contribution in [3.05, 3.63) is 16.8 Å². The van der Waals surface area contributed by atoms with Gasteiger partial charge in [0.15, 0.2) is 0 Å². The van der Waals surface area contributed by atoms with Crippen LogP contribution >= 0.6 is 23.1 Å². The number of carbonyl (C=O) groups is 1. The molecule has 1 aliphatic heterocycles. The molecule has 5 nitrogen and oxygen atoms in total. The van der Waals surface area contributed by atoms with E-state index in [9.17, 15) is 4.79 Å². The Kier molecular flexibility index (Phi) is 5.21. The Labute approximate surface area is 162 Å². The number of amides is 1. The predicted octanol–water partition coefficient (Wildman–Crippen LogP) is 3.54. The summed E-state index contributed by atoms with van der Waals surface area (Å²) >= 11 is 3.36. The molecular weight excluding hydrogens is 366 g/mol. The molecule has 0 aromatic carbocycles. The molecule has 0 spiro atoms. The Morgan fingerprint density at radius 1 is 1.31 bits per heavy atom. The van der Waals surface area contributed by atoms with Gasteiger partial charge in [0.25, 0.3) is 0 Å². The van der Waals surface area contributed by atoms with Crippen molar-refractivity contribution >= 4 is 39.2 Å². The summed E-state index contributed by atoms with van der Waals surface area (Å²) in [5.74, 6) is 1.33. The van der Waals surface area contributed by atoms with Crippen molar-refractivity contribution < 1.29 is 9.53 Å². The summed E-state index contributed by atoms with van der Waals surface area (Å²) in [4.78, 5) is 26.1. The fourth-order valence-corrected chi connectivity index (χ4v) is 6.30. The van der Waals surface area contributed by atoms with Crippen LogP contribution in [0.5, 0.6) is 0 Å². The van der Waals surface area contributed by atoms with Crippen molar-refractivity contribution in [2.75, 3.05) is 18.8 Å². The van der Waals surface area contributed by atoms with E-state index in [0.717, 1.165) is 28.6 Å². The third-order valence-corrected chi connectivity index (χ3v) is 7.30. The largest absolute Gasteiger partial charge is 0.372 e. The lowest BCUT2D eigenvalue weighted by Crippen LogP contribution is -2.48. The first-order valence-electron chi connectivity index (χ1n) is 9.32. The van der Waals surface area contributed by atoms with Gasteiger partial charge >= 0.3 is 0 Å². The molecule has 3 atom stereocenters. The summed E-state index contributed by atoms with van der Waals surface area (Å²) in [6.07, 6.45) is 5.31. The Morgan fingerprint density at radius 3 is 2.85 bits per heavy atom. The molecule has 4 rings (SSSR count). The lowest BCUT2D eigenvalue weighted by molar-refractivity contribution is -0.140. The number of ether oxygens (including phenoxy) is 1. The molecular formula is C19H25N3O2S2. The fourth-order valence-electron chi connectivity index (χ4n) is 3.96. The number of aryl methyl sites for hydroxylation is 1. The van der Waals surface area contributed by atoms with Crippen molar-refractivity contribution in [2.24, 2.45) is 5.92 Å². The van der Waals surface area contributed by atoms with E-state index in [1.54, 1.807) is 29.4 Å². The smallest absolute Gasteiger partial charge is 0.233 e. The minimum Gasteiger partial charge on any atom is -0.372 e. The molecule has 2 aromatic rings. The molecule has 1 saturated heterocycles. The number of rotatable bonds is 3. The topological polar surface area (TPSA) is 55.3 Å². The van der Waals surface area contributed by atoms with Crippen molar-refractivity contribution in [3.63, 3.8) is 0 Å². The number of carbonyl (C=O) groups excluding carboxylic acids is 1.